The average Bonchev–Trinajstić information content (AvgIpc) is 3.26. The van der Waals surface area contributed by atoms with Gasteiger partial charge >= 0.3 is 5.97 Å². The van der Waals surface area contributed by atoms with Crippen LogP contribution < -0.4 is 11.1 Å². The fourth-order valence-corrected chi connectivity index (χ4v) is 3.74. The van der Waals surface area contributed by atoms with Crippen molar-refractivity contribution in [2.75, 3.05) is 0 Å². The minimum Gasteiger partial charge on any atom is -0.480 e. The van der Waals surface area contributed by atoms with E-state index in [0.717, 1.165) is 0 Å². The number of benzene rings is 2. The van der Waals surface area contributed by atoms with Gasteiger partial charge in [0.05, 0.1) is 5.69 Å². The summed E-state index contributed by atoms with van der Waals surface area (Å²) in [6.45, 7) is 1.87. The van der Waals surface area contributed by atoms with Crippen molar-refractivity contribution in [3.8, 4) is 11.1 Å². The van der Waals surface area contributed by atoms with Gasteiger partial charge in [-0.25, -0.2) is 4.39 Å². The topological polar surface area (TPSA) is 118 Å². The molecular weight excluding hydrogens is 472 g/mol. The van der Waals surface area contributed by atoms with Crippen LogP contribution in [0, 0.1) is 5.82 Å². The Balaban J connectivity index is 1.83. The smallest absolute Gasteiger partial charge is 0.320 e. The molecule has 1 amide bonds. The molecule has 0 bridgehead atoms. The van der Waals surface area contributed by atoms with Gasteiger partial charge in [-0.2, -0.15) is 0 Å². The third-order valence-electron chi connectivity index (χ3n) is 5.09. The predicted octanol–water partition coefficient (Wildman–Crippen LogP) is 4.49. The molecule has 1 heterocycles. The molecule has 2 unspecified atom stereocenters. The van der Waals surface area contributed by atoms with Gasteiger partial charge in [0.1, 0.15) is 11.9 Å². The van der Waals surface area contributed by atoms with E-state index in [9.17, 15) is 19.1 Å². The van der Waals surface area contributed by atoms with E-state index in [1.165, 1.54) is 24.3 Å². The van der Waals surface area contributed by atoms with E-state index >= 15 is 0 Å². The number of amides is 1. The summed E-state index contributed by atoms with van der Waals surface area (Å²) in [5, 5.41) is 16.4. The Hall–Kier alpha value is -2.94. The van der Waals surface area contributed by atoms with Crippen molar-refractivity contribution < 1.29 is 23.6 Å². The van der Waals surface area contributed by atoms with Gasteiger partial charge in [0, 0.05) is 27.7 Å². The SMILES string of the molecule is CCc1cc(C(=O)NC(Cc2ccc(-c3cc(Cl)ccc3F)cc2Cl)CC(N)C(=O)O)on1. The van der Waals surface area contributed by atoms with Crippen LogP contribution in [0.4, 0.5) is 4.39 Å². The minimum absolute atomic E-state index is 0.0126. The van der Waals surface area contributed by atoms with Crippen LogP contribution in [-0.2, 0) is 17.6 Å². The van der Waals surface area contributed by atoms with Gasteiger partial charge in [-0.1, -0.05) is 47.4 Å². The lowest BCUT2D eigenvalue weighted by molar-refractivity contribution is -0.138. The van der Waals surface area contributed by atoms with Crippen molar-refractivity contribution in [3.05, 3.63) is 75.3 Å². The summed E-state index contributed by atoms with van der Waals surface area (Å²) in [5.74, 6) is -2.17. The summed E-state index contributed by atoms with van der Waals surface area (Å²) in [5.41, 5.74) is 7.77. The Bertz CT molecular complexity index is 1170. The minimum atomic E-state index is -1.20. The van der Waals surface area contributed by atoms with Crippen molar-refractivity contribution >= 4 is 35.1 Å². The van der Waals surface area contributed by atoms with Gasteiger partial charge in [0.15, 0.2) is 0 Å². The van der Waals surface area contributed by atoms with Crippen LogP contribution in [0.3, 0.4) is 0 Å². The van der Waals surface area contributed by atoms with E-state index in [2.05, 4.69) is 10.5 Å². The average molecular weight is 494 g/mol. The lowest BCUT2D eigenvalue weighted by Gasteiger charge is -2.21. The summed E-state index contributed by atoms with van der Waals surface area (Å²) in [4.78, 5) is 23.9. The number of nitrogens with zero attached hydrogens (tertiary/aromatic N) is 1. The van der Waals surface area contributed by atoms with Crippen LogP contribution in [-0.4, -0.2) is 34.2 Å². The second-order valence-electron chi connectivity index (χ2n) is 7.52. The molecule has 0 radical (unpaired) electrons. The molecule has 33 heavy (non-hydrogen) atoms. The number of carbonyl (C=O) groups excluding carboxylic acids is 1. The van der Waals surface area contributed by atoms with Crippen LogP contribution in [0.25, 0.3) is 11.1 Å². The Kier molecular flexibility index (Phi) is 8.07. The third kappa shape index (κ3) is 6.31. The largest absolute Gasteiger partial charge is 0.480 e. The van der Waals surface area contributed by atoms with Crippen LogP contribution in [0.15, 0.2) is 47.0 Å². The van der Waals surface area contributed by atoms with Crippen molar-refractivity contribution in [2.24, 2.45) is 5.73 Å². The molecule has 0 aliphatic heterocycles. The molecule has 0 aliphatic rings. The first-order valence-electron chi connectivity index (χ1n) is 10.2. The molecule has 4 N–H and O–H groups in total. The summed E-state index contributed by atoms with van der Waals surface area (Å²) >= 11 is 12.4. The number of rotatable bonds is 9. The van der Waals surface area contributed by atoms with E-state index in [0.29, 0.717) is 38.9 Å². The second kappa shape index (κ2) is 10.8. The fourth-order valence-electron chi connectivity index (χ4n) is 3.31. The van der Waals surface area contributed by atoms with Gasteiger partial charge in [-0.15, -0.1) is 0 Å². The highest BCUT2D eigenvalue weighted by molar-refractivity contribution is 6.32. The molecule has 0 saturated carbocycles. The van der Waals surface area contributed by atoms with E-state index < -0.39 is 29.8 Å². The monoisotopic (exact) mass is 493 g/mol. The van der Waals surface area contributed by atoms with Crippen LogP contribution in [0.1, 0.15) is 35.2 Å². The van der Waals surface area contributed by atoms with Gasteiger partial charge in [0.25, 0.3) is 5.91 Å². The van der Waals surface area contributed by atoms with Crippen LogP contribution in [0.2, 0.25) is 10.0 Å². The zero-order chi connectivity index (χ0) is 24.1. The molecule has 3 rings (SSSR count). The number of carboxylic acids is 1. The number of nitrogens with two attached hydrogens (primary N) is 1. The van der Waals surface area contributed by atoms with Crippen LogP contribution in [0.5, 0.6) is 0 Å². The molecule has 0 aliphatic carbocycles. The van der Waals surface area contributed by atoms with Crippen molar-refractivity contribution in [1.82, 2.24) is 10.5 Å². The number of aliphatic carboxylic acids is 1. The summed E-state index contributed by atoms with van der Waals surface area (Å²) < 4.78 is 19.3. The van der Waals surface area contributed by atoms with E-state index in [1.807, 2.05) is 6.92 Å². The standard InChI is InChI=1S/C23H22Cl2FN3O4/c1-2-15-11-21(33-29-15)22(30)28-16(10-20(27)23(31)32)7-13-4-3-12(8-18(13)25)17-9-14(24)5-6-19(17)26/h3-6,8-9,11,16,20H,2,7,10,27H2,1H3,(H,28,30)(H,31,32). The molecule has 2 aromatic carbocycles. The van der Waals surface area contributed by atoms with Crippen molar-refractivity contribution in [1.29, 1.82) is 0 Å². The molecule has 1 aromatic heterocycles. The molecule has 3 aromatic rings. The molecule has 174 valence electrons. The van der Waals surface area contributed by atoms with E-state index in [-0.39, 0.29) is 18.6 Å². The highest BCUT2D eigenvalue weighted by Gasteiger charge is 2.24. The highest BCUT2D eigenvalue weighted by atomic mass is 35.5. The molecule has 0 saturated heterocycles. The maximum absolute atomic E-state index is 14.2. The summed E-state index contributed by atoms with van der Waals surface area (Å²) in [7, 11) is 0. The van der Waals surface area contributed by atoms with Gasteiger partial charge in [0.2, 0.25) is 5.76 Å². The van der Waals surface area contributed by atoms with E-state index in [4.69, 9.17) is 33.5 Å². The van der Waals surface area contributed by atoms with E-state index in [1.54, 1.807) is 18.2 Å². The molecule has 7 nitrogen and oxygen atoms in total. The lowest BCUT2D eigenvalue weighted by Crippen LogP contribution is -2.43. The number of halogens is 3. The Morgan fingerprint density at radius 2 is 1.97 bits per heavy atom. The molecule has 0 spiro atoms. The Labute approximate surface area is 199 Å². The number of carbonyl (C=O) groups is 2. The number of carboxylic acid groups (broad SMARTS) is 1. The third-order valence-corrected chi connectivity index (χ3v) is 5.68. The van der Waals surface area contributed by atoms with Crippen molar-refractivity contribution in [2.45, 2.75) is 38.3 Å². The Morgan fingerprint density at radius 3 is 2.61 bits per heavy atom. The number of aryl methyl sites for hydroxylation is 1. The number of nitrogens with one attached hydrogen (secondary N) is 1. The van der Waals surface area contributed by atoms with Crippen molar-refractivity contribution in [3.63, 3.8) is 0 Å². The molecular formula is C23H22Cl2FN3O4. The first-order valence-corrected chi connectivity index (χ1v) is 10.9. The van der Waals surface area contributed by atoms with Crippen LogP contribution >= 0.6 is 23.2 Å². The molecule has 10 heteroatoms. The first kappa shape index (κ1) is 24.7. The predicted molar refractivity (Wildman–Crippen MR) is 123 cm³/mol. The first-order chi connectivity index (χ1) is 15.7. The van der Waals surface area contributed by atoms with Gasteiger partial charge in [-0.05, 0) is 54.7 Å². The fraction of sp³-hybridized carbons (Fsp3) is 0.261. The zero-order valence-corrected chi connectivity index (χ0v) is 19.2. The summed E-state index contributed by atoms with van der Waals surface area (Å²) in [6.07, 6.45) is 0.745. The zero-order valence-electron chi connectivity index (χ0n) is 17.6. The van der Waals surface area contributed by atoms with Gasteiger partial charge < -0.3 is 20.7 Å². The Morgan fingerprint density at radius 1 is 1.21 bits per heavy atom. The molecule has 2 atom stereocenters. The number of aromatic nitrogens is 1. The van der Waals surface area contributed by atoms with Gasteiger partial charge in [-0.3, -0.25) is 9.59 Å². The number of hydrogen-bond acceptors (Lipinski definition) is 5. The molecule has 0 fully saturated rings. The second-order valence-corrected chi connectivity index (χ2v) is 8.36. The quantitative estimate of drug-likeness (QED) is 0.403. The number of hydrogen-bond donors (Lipinski definition) is 3. The maximum Gasteiger partial charge on any atom is 0.320 e. The normalized spacial score (nSPS) is 12.9. The summed E-state index contributed by atoms with van der Waals surface area (Å²) in [6, 6.07) is 8.83. The lowest BCUT2D eigenvalue weighted by atomic mass is 9.97. The highest BCUT2D eigenvalue weighted by Crippen LogP contribution is 2.30. The maximum atomic E-state index is 14.2.